The fourth-order valence-electron chi connectivity index (χ4n) is 2.86. The van der Waals surface area contributed by atoms with Gasteiger partial charge in [-0.05, 0) is 18.9 Å². The second-order valence-electron chi connectivity index (χ2n) is 6.10. The SMILES string of the molecule is CCCCCCC(CCC)NCC1C(F)=CC(OC)=CC1F. The molecule has 0 bridgehead atoms. The number of allylic oxidation sites excluding steroid dienone is 2. The monoisotopic (exact) mass is 315 g/mol. The molecular formula is C18H31F2NO. The number of nitrogens with one attached hydrogen (secondary N) is 1. The van der Waals surface area contributed by atoms with E-state index in [0.29, 0.717) is 12.6 Å². The van der Waals surface area contributed by atoms with E-state index in [9.17, 15) is 8.78 Å². The third-order valence-electron chi connectivity index (χ3n) is 4.25. The van der Waals surface area contributed by atoms with E-state index in [1.807, 2.05) is 0 Å². The maximum atomic E-state index is 14.0. The Balaban J connectivity index is 2.44. The van der Waals surface area contributed by atoms with Gasteiger partial charge in [-0.3, -0.25) is 0 Å². The van der Waals surface area contributed by atoms with Gasteiger partial charge in [-0.25, -0.2) is 8.78 Å². The normalized spacial score (nSPS) is 23.0. The number of halogens is 2. The van der Waals surface area contributed by atoms with Crippen LogP contribution in [0.4, 0.5) is 8.78 Å². The molecule has 2 nitrogen and oxygen atoms in total. The Morgan fingerprint density at radius 1 is 1.18 bits per heavy atom. The molecule has 0 spiro atoms. The lowest BCUT2D eigenvalue weighted by Gasteiger charge is -2.25. The number of methoxy groups -OCH3 is 1. The van der Waals surface area contributed by atoms with E-state index in [1.54, 1.807) is 0 Å². The summed E-state index contributed by atoms with van der Waals surface area (Å²) in [5.41, 5.74) is 0. The van der Waals surface area contributed by atoms with E-state index in [1.165, 1.54) is 44.9 Å². The van der Waals surface area contributed by atoms with Gasteiger partial charge in [-0.2, -0.15) is 0 Å². The first-order chi connectivity index (χ1) is 10.6. The van der Waals surface area contributed by atoms with Crippen molar-refractivity contribution in [3.63, 3.8) is 0 Å². The van der Waals surface area contributed by atoms with E-state index in [2.05, 4.69) is 19.2 Å². The van der Waals surface area contributed by atoms with Crippen LogP contribution in [0.2, 0.25) is 0 Å². The molecule has 3 atom stereocenters. The van der Waals surface area contributed by atoms with E-state index in [0.717, 1.165) is 19.3 Å². The molecule has 0 amide bonds. The molecule has 128 valence electrons. The van der Waals surface area contributed by atoms with E-state index in [-0.39, 0.29) is 5.76 Å². The Morgan fingerprint density at radius 2 is 1.95 bits per heavy atom. The largest absolute Gasteiger partial charge is 0.497 e. The maximum absolute atomic E-state index is 14.0. The van der Waals surface area contributed by atoms with E-state index >= 15 is 0 Å². The number of hydrogen-bond donors (Lipinski definition) is 1. The Hall–Kier alpha value is -0.900. The topological polar surface area (TPSA) is 21.3 Å². The minimum atomic E-state index is -1.32. The van der Waals surface area contributed by atoms with Gasteiger partial charge < -0.3 is 10.1 Å². The molecule has 22 heavy (non-hydrogen) atoms. The van der Waals surface area contributed by atoms with Gasteiger partial charge in [0, 0.05) is 18.7 Å². The molecule has 1 aliphatic carbocycles. The lowest BCUT2D eigenvalue weighted by molar-refractivity contribution is 0.230. The molecule has 0 aromatic rings. The molecule has 0 saturated heterocycles. The van der Waals surface area contributed by atoms with Crippen molar-refractivity contribution in [1.82, 2.24) is 5.32 Å². The van der Waals surface area contributed by atoms with Crippen molar-refractivity contribution >= 4 is 0 Å². The minimum Gasteiger partial charge on any atom is -0.497 e. The smallest absolute Gasteiger partial charge is 0.132 e. The van der Waals surface area contributed by atoms with Crippen molar-refractivity contribution in [3.8, 4) is 0 Å². The molecule has 0 radical (unpaired) electrons. The summed E-state index contributed by atoms with van der Waals surface area (Å²) in [5.74, 6) is -0.889. The predicted octanol–water partition coefficient (Wildman–Crippen LogP) is 5.07. The van der Waals surface area contributed by atoms with Crippen LogP contribution >= 0.6 is 0 Å². The second-order valence-corrected chi connectivity index (χ2v) is 6.10. The molecule has 0 saturated carbocycles. The highest BCUT2D eigenvalue weighted by Crippen LogP contribution is 2.27. The molecule has 0 heterocycles. The van der Waals surface area contributed by atoms with Gasteiger partial charge in [-0.15, -0.1) is 0 Å². The van der Waals surface area contributed by atoms with Crippen molar-refractivity contribution < 1.29 is 13.5 Å². The molecule has 1 rings (SSSR count). The van der Waals surface area contributed by atoms with Crippen LogP contribution in [-0.2, 0) is 4.74 Å². The lowest BCUT2D eigenvalue weighted by Crippen LogP contribution is -2.37. The molecule has 1 N–H and O–H groups in total. The molecular weight excluding hydrogens is 284 g/mol. The van der Waals surface area contributed by atoms with Crippen molar-refractivity contribution in [2.24, 2.45) is 5.92 Å². The summed E-state index contributed by atoms with van der Waals surface area (Å²) in [7, 11) is 1.43. The summed E-state index contributed by atoms with van der Waals surface area (Å²) < 4.78 is 32.9. The number of rotatable bonds is 11. The van der Waals surface area contributed by atoms with Crippen molar-refractivity contribution in [1.29, 1.82) is 0 Å². The quantitative estimate of drug-likeness (QED) is 0.538. The summed E-state index contributed by atoms with van der Waals surface area (Å²) in [5, 5.41) is 3.37. The first-order valence-corrected chi connectivity index (χ1v) is 8.62. The second kappa shape index (κ2) is 10.8. The van der Waals surface area contributed by atoms with Gasteiger partial charge in [-0.1, -0.05) is 46.0 Å². The number of ether oxygens (including phenoxy) is 1. The highest BCUT2D eigenvalue weighted by molar-refractivity contribution is 5.25. The van der Waals surface area contributed by atoms with Gasteiger partial charge in [0.05, 0.1) is 13.0 Å². The highest BCUT2D eigenvalue weighted by atomic mass is 19.1. The summed E-state index contributed by atoms with van der Waals surface area (Å²) in [6.07, 6.45) is 9.45. The summed E-state index contributed by atoms with van der Waals surface area (Å²) >= 11 is 0. The van der Waals surface area contributed by atoms with E-state index in [4.69, 9.17) is 4.74 Å². The number of unbranched alkanes of at least 4 members (excludes halogenated alkanes) is 3. The number of hydrogen-bond acceptors (Lipinski definition) is 2. The first kappa shape index (κ1) is 19.1. The zero-order chi connectivity index (χ0) is 16.4. The molecule has 0 fully saturated rings. The Bertz CT molecular complexity index is 368. The van der Waals surface area contributed by atoms with Gasteiger partial charge >= 0.3 is 0 Å². The highest BCUT2D eigenvalue weighted by Gasteiger charge is 2.28. The Kier molecular flexibility index (Phi) is 9.37. The maximum Gasteiger partial charge on any atom is 0.132 e. The fourth-order valence-corrected chi connectivity index (χ4v) is 2.86. The van der Waals surface area contributed by atoms with Crippen LogP contribution in [0.5, 0.6) is 0 Å². The van der Waals surface area contributed by atoms with Gasteiger partial charge in [0.25, 0.3) is 0 Å². The summed E-state index contributed by atoms with van der Waals surface area (Å²) in [6.45, 7) is 4.69. The van der Waals surface area contributed by atoms with Crippen LogP contribution in [0.15, 0.2) is 23.7 Å². The minimum absolute atomic E-state index is 0.269. The average molecular weight is 315 g/mol. The standard InChI is InChI=1S/C18H31F2NO/c1-4-6-7-8-10-14(9-5-2)21-13-16-17(19)11-15(22-3)12-18(16)20/h11-12,14,16-17,21H,4-10,13H2,1-3H3. The third kappa shape index (κ3) is 6.47. The Labute approximate surface area is 134 Å². The molecule has 0 aromatic carbocycles. The number of alkyl halides is 1. The van der Waals surface area contributed by atoms with E-state index < -0.39 is 17.9 Å². The van der Waals surface area contributed by atoms with Crippen LogP contribution in [-0.4, -0.2) is 25.9 Å². The van der Waals surface area contributed by atoms with Crippen LogP contribution in [0.1, 0.15) is 58.8 Å². The molecule has 4 heteroatoms. The lowest BCUT2D eigenvalue weighted by atomic mass is 9.95. The van der Waals surface area contributed by atoms with Crippen LogP contribution in [0, 0.1) is 5.92 Å². The first-order valence-electron chi connectivity index (χ1n) is 8.62. The fraction of sp³-hybridized carbons (Fsp3) is 0.778. The Morgan fingerprint density at radius 3 is 2.55 bits per heavy atom. The van der Waals surface area contributed by atoms with Gasteiger partial charge in [0.1, 0.15) is 17.8 Å². The van der Waals surface area contributed by atoms with Crippen LogP contribution in [0.3, 0.4) is 0 Å². The molecule has 1 aliphatic rings. The summed E-state index contributed by atoms with van der Waals surface area (Å²) in [4.78, 5) is 0. The zero-order valence-corrected chi connectivity index (χ0v) is 14.2. The average Bonchev–Trinajstić information content (AvgIpc) is 2.50. The van der Waals surface area contributed by atoms with Gasteiger partial charge in [0.15, 0.2) is 0 Å². The van der Waals surface area contributed by atoms with Crippen LogP contribution < -0.4 is 5.32 Å². The summed E-state index contributed by atoms with van der Waals surface area (Å²) in [6, 6.07) is 0.356. The van der Waals surface area contributed by atoms with Crippen molar-refractivity contribution in [2.75, 3.05) is 13.7 Å². The van der Waals surface area contributed by atoms with Crippen molar-refractivity contribution in [2.45, 2.75) is 71.0 Å². The molecule has 0 aliphatic heterocycles. The molecule has 3 unspecified atom stereocenters. The van der Waals surface area contributed by atoms with Crippen LogP contribution in [0.25, 0.3) is 0 Å². The van der Waals surface area contributed by atoms with Gasteiger partial charge in [0.2, 0.25) is 0 Å². The molecule has 0 aromatic heterocycles. The third-order valence-corrected chi connectivity index (χ3v) is 4.25. The van der Waals surface area contributed by atoms with Crippen molar-refractivity contribution in [3.05, 3.63) is 23.7 Å². The predicted molar refractivity (Wildman–Crippen MR) is 88.1 cm³/mol. The zero-order valence-electron chi connectivity index (χ0n) is 14.2.